The Balaban J connectivity index is 1.84. The van der Waals surface area contributed by atoms with Gasteiger partial charge in [-0.25, -0.2) is 9.78 Å². The van der Waals surface area contributed by atoms with Crippen LogP contribution < -0.4 is 5.32 Å². The minimum Gasteiger partial charge on any atom is -0.507 e. The molecule has 1 amide bonds. The molecule has 1 aromatic heterocycles. The molecule has 0 aliphatic carbocycles. The topological polar surface area (TPSA) is 113 Å². The quantitative estimate of drug-likeness (QED) is 0.684. The van der Waals surface area contributed by atoms with Crippen LogP contribution in [0.4, 0.5) is 5.69 Å². The summed E-state index contributed by atoms with van der Waals surface area (Å²) in [5.41, 5.74) is 1.54. The van der Waals surface area contributed by atoms with E-state index >= 15 is 0 Å². The second-order valence-electron chi connectivity index (χ2n) is 4.53. The number of carbonyl (C=O) groups excluding carboxylic acids is 1. The maximum absolute atomic E-state index is 12.1. The lowest BCUT2D eigenvalue weighted by Gasteiger charge is -2.07. The van der Waals surface area contributed by atoms with E-state index in [1.165, 1.54) is 24.6 Å². The van der Waals surface area contributed by atoms with E-state index < -0.39 is 17.6 Å². The van der Waals surface area contributed by atoms with Gasteiger partial charge in [0.1, 0.15) is 16.8 Å². The van der Waals surface area contributed by atoms with Crippen LogP contribution >= 0.6 is 0 Å². The van der Waals surface area contributed by atoms with E-state index in [2.05, 4.69) is 10.3 Å². The van der Waals surface area contributed by atoms with Gasteiger partial charge in [-0.1, -0.05) is 0 Å². The van der Waals surface area contributed by atoms with Crippen LogP contribution in [-0.2, 0) is 0 Å². The van der Waals surface area contributed by atoms with Crippen LogP contribution in [-0.4, -0.2) is 27.1 Å². The van der Waals surface area contributed by atoms with Gasteiger partial charge in [-0.3, -0.25) is 4.79 Å². The average Bonchev–Trinajstić information content (AvgIpc) is 2.94. The molecule has 110 valence electrons. The number of phenols is 1. The van der Waals surface area contributed by atoms with Crippen molar-refractivity contribution in [1.29, 1.82) is 0 Å². The van der Waals surface area contributed by atoms with E-state index in [9.17, 15) is 14.7 Å². The Morgan fingerprint density at radius 2 is 1.95 bits per heavy atom. The van der Waals surface area contributed by atoms with Gasteiger partial charge in [0.15, 0.2) is 12.0 Å². The van der Waals surface area contributed by atoms with Gasteiger partial charge in [-0.2, -0.15) is 0 Å². The van der Waals surface area contributed by atoms with Gasteiger partial charge in [0, 0.05) is 17.3 Å². The van der Waals surface area contributed by atoms with Gasteiger partial charge in [0.2, 0.25) is 0 Å². The third-order valence-corrected chi connectivity index (χ3v) is 3.08. The van der Waals surface area contributed by atoms with E-state index in [1.807, 2.05) is 0 Å². The molecule has 3 rings (SSSR count). The first-order chi connectivity index (χ1) is 10.5. The minimum atomic E-state index is -1.24. The highest BCUT2D eigenvalue weighted by Gasteiger charge is 2.12. The van der Waals surface area contributed by atoms with E-state index in [1.54, 1.807) is 18.2 Å². The molecule has 22 heavy (non-hydrogen) atoms. The van der Waals surface area contributed by atoms with Crippen molar-refractivity contribution in [3.63, 3.8) is 0 Å². The number of hydrogen-bond donors (Lipinski definition) is 3. The van der Waals surface area contributed by atoms with Crippen molar-refractivity contribution < 1.29 is 24.2 Å². The highest BCUT2D eigenvalue weighted by molar-refractivity contribution is 6.06. The lowest BCUT2D eigenvalue weighted by molar-refractivity contribution is 0.0693. The normalized spacial score (nSPS) is 10.5. The zero-order valence-electron chi connectivity index (χ0n) is 11.1. The molecule has 0 unspecified atom stereocenters. The van der Waals surface area contributed by atoms with Crippen molar-refractivity contribution in [3.8, 4) is 5.75 Å². The summed E-state index contributed by atoms with van der Waals surface area (Å²) in [5, 5.41) is 21.0. The Hall–Kier alpha value is -3.35. The highest BCUT2D eigenvalue weighted by atomic mass is 16.4. The fraction of sp³-hybridized carbons (Fsp3) is 0. The average molecular weight is 298 g/mol. The Morgan fingerprint density at radius 1 is 1.14 bits per heavy atom. The Bertz CT molecular complexity index is 885. The highest BCUT2D eigenvalue weighted by Crippen LogP contribution is 2.23. The van der Waals surface area contributed by atoms with Gasteiger partial charge >= 0.3 is 5.97 Å². The van der Waals surface area contributed by atoms with Gasteiger partial charge < -0.3 is 19.9 Å². The molecular weight excluding hydrogens is 288 g/mol. The SMILES string of the molecule is O=C(Nc1ccc(C(=O)O)c(O)c1)c1ccc2ocnc2c1. The number of anilines is 1. The van der Waals surface area contributed by atoms with Gasteiger partial charge in [-0.05, 0) is 30.3 Å². The number of benzene rings is 2. The van der Waals surface area contributed by atoms with Crippen molar-refractivity contribution in [2.45, 2.75) is 0 Å². The van der Waals surface area contributed by atoms with Crippen LogP contribution in [0, 0.1) is 0 Å². The van der Waals surface area contributed by atoms with E-state index in [4.69, 9.17) is 9.52 Å². The van der Waals surface area contributed by atoms with Crippen LogP contribution in [0.3, 0.4) is 0 Å². The monoisotopic (exact) mass is 298 g/mol. The van der Waals surface area contributed by atoms with Crippen LogP contribution in [0.2, 0.25) is 0 Å². The molecule has 0 saturated carbocycles. The smallest absolute Gasteiger partial charge is 0.339 e. The molecule has 1 heterocycles. The number of aromatic nitrogens is 1. The molecule has 7 nitrogen and oxygen atoms in total. The van der Waals surface area contributed by atoms with Gasteiger partial charge in [0.05, 0.1) is 0 Å². The van der Waals surface area contributed by atoms with Gasteiger partial charge in [0.25, 0.3) is 5.91 Å². The summed E-state index contributed by atoms with van der Waals surface area (Å²) in [4.78, 5) is 26.9. The summed E-state index contributed by atoms with van der Waals surface area (Å²) >= 11 is 0. The maximum atomic E-state index is 12.1. The van der Waals surface area contributed by atoms with Gasteiger partial charge in [-0.15, -0.1) is 0 Å². The summed E-state index contributed by atoms with van der Waals surface area (Å²) in [5.74, 6) is -2.07. The first-order valence-corrected chi connectivity index (χ1v) is 6.25. The molecule has 0 bridgehead atoms. The molecular formula is C15H10N2O5. The summed E-state index contributed by atoms with van der Waals surface area (Å²) in [7, 11) is 0. The van der Waals surface area contributed by atoms with E-state index in [0.717, 1.165) is 0 Å². The standard InChI is InChI=1S/C15H10N2O5/c18-12-6-9(2-3-10(12)15(20)21)17-14(19)8-1-4-13-11(5-8)16-7-22-13/h1-7,18H,(H,17,19)(H,20,21). The molecule has 0 spiro atoms. The fourth-order valence-electron chi connectivity index (χ4n) is 1.99. The molecule has 0 aliphatic heterocycles. The summed E-state index contributed by atoms with van der Waals surface area (Å²) in [6.07, 6.45) is 1.29. The number of amides is 1. The Morgan fingerprint density at radius 3 is 2.68 bits per heavy atom. The lowest BCUT2D eigenvalue weighted by Crippen LogP contribution is -2.12. The molecule has 0 radical (unpaired) electrons. The van der Waals surface area contributed by atoms with Crippen molar-refractivity contribution in [3.05, 3.63) is 53.9 Å². The Kier molecular flexibility index (Phi) is 3.23. The second kappa shape index (κ2) is 5.21. The number of nitrogens with one attached hydrogen (secondary N) is 1. The number of fused-ring (bicyclic) bond motifs is 1. The Labute approximate surface area is 123 Å². The molecule has 3 aromatic rings. The van der Waals surface area contributed by atoms with Crippen LogP contribution in [0.1, 0.15) is 20.7 Å². The van der Waals surface area contributed by atoms with Crippen LogP contribution in [0.15, 0.2) is 47.2 Å². The fourth-order valence-corrected chi connectivity index (χ4v) is 1.99. The largest absolute Gasteiger partial charge is 0.507 e. The first kappa shape index (κ1) is 13.6. The zero-order valence-corrected chi connectivity index (χ0v) is 11.1. The number of hydrogen-bond acceptors (Lipinski definition) is 5. The van der Waals surface area contributed by atoms with Crippen molar-refractivity contribution in [2.24, 2.45) is 0 Å². The number of oxazole rings is 1. The molecule has 0 atom stereocenters. The molecule has 0 aliphatic rings. The third-order valence-electron chi connectivity index (χ3n) is 3.08. The number of carboxylic acids is 1. The second-order valence-corrected chi connectivity index (χ2v) is 4.53. The van der Waals surface area contributed by atoms with E-state index in [-0.39, 0.29) is 11.3 Å². The summed E-state index contributed by atoms with van der Waals surface area (Å²) in [6, 6.07) is 8.57. The van der Waals surface area contributed by atoms with Crippen molar-refractivity contribution in [2.75, 3.05) is 5.32 Å². The van der Waals surface area contributed by atoms with Crippen molar-refractivity contribution in [1.82, 2.24) is 4.98 Å². The van der Waals surface area contributed by atoms with Crippen LogP contribution in [0.5, 0.6) is 5.75 Å². The molecule has 2 aromatic carbocycles. The zero-order chi connectivity index (χ0) is 15.7. The number of carboxylic acid groups (broad SMARTS) is 1. The number of aromatic carboxylic acids is 1. The number of nitrogens with zero attached hydrogens (tertiary/aromatic N) is 1. The molecule has 3 N–H and O–H groups in total. The van der Waals surface area contributed by atoms with Crippen LogP contribution in [0.25, 0.3) is 11.1 Å². The summed E-state index contributed by atoms with van der Waals surface area (Å²) < 4.78 is 5.09. The van der Waals surface area contributed by atoms with Crippen molar-refractivity contribution >= 4 is 28.7 Å². The lowest BCUT2D eigenvalue weighted by atomic mass is 10.1. The molecule has 0 fully saturated rings. The molecule has 0 saturated heterocycles. The number of carbonyl (C=O) groups is 2. The van der Waals surface area contributed by atoms with E-state index in [0.29, 0.717) is 16.7 Å². The number of rotatable bonds is 3. The number of aromatic hydroxyl groups is 1. The minimum absolute atomic E-state index is 0.234. The predicted molar refractivity (Wildman–Crippen MR) is 77.0 cm³/mol. The summed E-state index contributed by atoms with van der Waals surface area (Å²) in [6.45, 7) is 0. The first-order valence-electron chi connectivity index (χ1n) is 6.25. The predicted octanol–water partition coefficient (Wildman–Crippen LogP) is 2.48. The molecule has 7 heteroatoms. The third kappa shape index (κ3) is 2.47. The maximum Gasteiger partial charge on any atom is 0.339 e.